The summed E-state index contributed by atoms with van der Waals surface area (Å²) in [6, 6.07) is 8.28. The van der Waals surface area contributed by atoms with Crippen molar-refractivity contribution >= 4 is 16.7 Å². The summed E-state index contributed by atoms with van der Waals surface area (Å²) in [6.07, 6.45) is 3.88. The number of nitrogens with zero attached hydrogens (tertiary/aromatic N) is 1. The third kappa shape index (κ3) is 1.14. The van der Waals surface area contributed by atoms with Crippen molar-refractivity contribution in [3.63, 3.8) is 0 Å². The van der Waals surface area contributed by atoms with Crippen molar-refractivity contribution in [1.82, 2.24) is 4.57 Å². The molecule has 1 heterocycles. The van der Waals surface area contributed by atoms with Crippen LogP contribution >= 0.6 is 0 Å². The topological polar surface area (TPSA) is 22.0 Å². The Morgan fingerprint density at radius 2 is 2.13 bits per heavy atom. The van der Waals surface area contributed by atoms with Crippen molar-refractivity contribution < 1.29 is 4.79 Å². The van der Waals surface area contributed by atoms with E-state index >= 15 is 0 Å². The van der Waals surface area contributed by atoms with Crippen LogP contribution in [-0.2, 0) is 11.8 Å². The molecule has 2 nitrogen and oxygen atoms in total. The van der Waals surface area contributed by atoms with Gasteiger partial charge in [-0.15, -0.1) is 0 Å². The highest BCUT2D eigenvalue weighted by Gasteiger charge is 2.31. The summed E-state index contributed by atoms with van der Waals surface area (Å²) >= 11 is 0. The highest BCUT2D eigenvalue weighted by molar-refractivity contribution is 5.96. The first-order valence-electron chi connectivity index (χ1n) is 5.34. The highest BCUT2D eigenvalue weighted by atomic mass is 16.1. The van der Waals surface area contributed by atoms with Crippen LogP contribution in [0.1, 0.15) is 24.3 Å². The molecule has 0 amide bonds. The standard InChI is InChI=1S/C13H13NO/c1-14-8-11(10-6-7-13(10)15)9-4-2-3-5-12(9)14/h2-5,8,10H,6-7H2,1H3. The summed E-state index contributed by atoms with van der Waals surface area (Å²) in [5.41, 5.74) is 2.43. The van der Waals surface area contributed by atoms with Gasteiger partial charge in [0.05, 0.1) is 0 Å². The third-order valence-electron chi connectivity index (χ3n) is 3.37. The molecule has 1 atom stereocenters. The first kappa shape index (κ1) is 8.72. The zero-order valence-corrected chi connectivity index (χ0v) is 8.73. The van der Waals surface area contributed by atoms with Gasteiger partial charge in [0.1, 0.15) is 5.78 Å². The van der Waals surface area contributed by atoms with Crippen molar-refractivity contribution in [2.45, 2.75) is 18.8 Å². The van der Waals surface area contributed by atoms with Crippen LogP contribution in [0, 0.1) is 0 Å². The Morgan fingerprint density at radius 1 is 1.33 bits per heavy atom. The number of fused-ring (bicyclic) bond motifs is 1. The fourth-order valence-corrected chi connectivity index (χ4v) is 2.39. The third-order valence-corrected chi connectivity index (χ3v) is 3.37. The van der Waals surface area contributed by atoms with Crippen molar-refractivity contribution in [2.24, 2.45) is 7.05 Å². The maximum atomic E-state index is 11.5. The lowest BCUT2D eigenvalue weighted by Crippen LogP contribution is -2.22. The van der Waals surface area contributed by atoms with E-state index in [1.807, 2.05) is 19.2 Å². The molecule has 2 aromatic rings. The monoisotopic (exact) mass is 199 g/mol. The van der Waals surface area contributed by atoms with E-state index in [1.54, 1.807) is 0 Å². The number of para-hydroxylation sites is 1. The number of carbonyl (C=O) groups is 1. The summed E-state index contributed by atoms with van der Waals surface area (Å²) in [7, 11) is 2.04. The molecule has 1 aromatic carbocycles. The molecule has 0 radical (unpaired) electrons. The molecule has 1 aromatic heterocycles. The minimum Gasteiger partial charge on any atom is -0.350 e. The van der Waals surface area contributed by atoms with E-state index in [0.717, 1.165) is 12.8 Å². The molecule has 1 aliphatic rings. The SMILES string of the molecule is Cn1cc(C2CCC2=O)c2ccccc21. The zero-order chi connectivity index (χ0) is 10.4. The Labute approximate surface area is 88.5 Å². The number of Topliss-reactive ketones (excluding diaryl/α,β-unsaturated/α-hetero) is 1. The van der Waals surface area contributed by atoms with Crippen molar-refractivity contribution in [3.05, 3.63) is 36.0 Å². The predicted molar refractivity (Wildman–Crippen MR) is 59.9 cm³/mol. The van der Waals surface area contributed by atoms with Crippen molar-refractivity contribution in [2.75, 3.05) is 0 Å². The highest BCUT2D eigenvalue weighted by Crippen LogP contribution is 2.37. The Balaban J connectivity index is 2.22. The molecule has 1 unspecified atom stereocenters. The molecular formula is C13H13NO. The molecule has 1 saturated carbocycles. The van der Waals surface area contributed by atoms with Gasteiger partial charge >= 0.3 is 0 Å². The van der Waals surface area contributed by atoms with E-state index in [9.17, 15) is 4.79 Å². The van der Waals surface area contributed by atoms with Crippen LogP contribution in [0.5, 0.6) is 0 Å². The fraction of sp³-hybridized carbons (Fsp3) is 0.308. The molecule has 76 valence electrons. The average molecular weight is 199 g/mol. The molecular weight excluding hydrogens is 186 g/mol. The Morgan fingerprint density at radius 3 is 2.80 bits per heavy atom. The quantitative estimate of drug-likeness (QED) is 0.692. The largest absolute Gasteiger partial charge is 0.350 e. The van der Waals surface area contributed by atoms with Crippen LogP contribution < -0.4 is 0 Å². The lowest BCUT2D eigenvalue weighted by Gasteiger charge is -2.23. The number of benzene rings is 1. The molecule has 2 heteroatoms. The fourth-order valence-electron chi connectivity index (χ4n) is 2.39. The molecule has 0 saturated heterocycles. The number of rotatable bonds is 1. The Hall–Kier alpha value is -1.57. The van der Waals surface area contributed by atoms with Gasteiger partial charge < -0.3 is 4.57 Å². The second-order valence-corrected chi connectivity index (χ2v) is 4.27. The lowest BCUT2D eigenvalue weighted by atomic mass is 9.78. The summed E-state index contributed by atoms with van der Waals surface area (Å²) in [5.74, 6) is 0.558. The second kappa shape index (κ2) is 2.96. The lowest BCUT2D eigenvalue weighted by molar-refractivity contribution is -0.125. The average Bonchev–Trinajstić information content (AvgIpc) is 2.55. The van der Waals surface area contributed by atoms with Crippen LogP contribution in [0.4, 0.5) is 0 Å². The zero-order valence-electron chi connectivity index (χ0n) is 8.73. The van der Waals surface area contributed by atoms with Crippen LogP contribution in [0.3, 0.4) is 0 Å². The predicted octanol–water partition coefficient (Wildman–Crippen LogP) is 2.62. The van der Waals surface area contributed by atoms with E-state index in [4.69, 9.17) is 0 Å². The summed E-state index contributed by atoms with van der Waals surface area (Å²) < 4.78 is 2.11. The number of hydrogen-bond donors (Lipinski definition) is 0. The van der Waals surface area contributed by atoms with E-state index in [0.29, 0.717) is 5.78 Å². The van der Waals surface area contributed by atoms with E-state index in [-0.39, 0.29) is 5.92 Å². The summed E-state index contributed by atoms with van der Waals surface area (Å²) in [4.78, 5) is 11.5. The molecule has 0 bridgehead atoms. The molecule has 3 rings (SSSR count). The first-order chi connectivity index (χ1) is 7.27. The molecule has 0 aliphatic heterocycles. The number of aromatic nitrogens is 1. The smallest absolute Gasteiger partial charge is 0.140 e. The minimum absolute atomic E-state index is 0.163. The van der Waals surface area contributed by atoms with Crippen LogP contribution in [0.15, 0.2) is 30.5 Å². The second-order valence-electron chi connectivity index (χ2n) is 4.27. The van der Waals surface area contributed by atoms with E-state index in [1.165, 1.54) is 16.5 Å². The normalized spacial score (nSPS) is 20.6. The van der Waals surface area contributed by atoms with Gasteiger partial charge in [-0.25, -0.2) is 0 Å². The number of carbonyl (C=O) groups excluding carboxylic acids is 1. The van der Waals surface area contributed by atoms with Gasteiger partial charge in [-0.2, -0.15) is 0 Å². The summed E-state index contributed by atoms with van der Waals surface area (Å²) in [6.45, 7) is 0. The molecule has 1 fully saturated rings. The van der Waals surface area contributed by atoms with Gasteiger partial charge in [0.2, 0.25) is 0 Å². The number of hydrogen-bond acceptors (Lipinski definition) is 1. The maximum Gasteiger partial charge on any atom is 0.140 e. The number of aryl methyl sites for hydroxylation is 1. The van der Waals surface area contributed by atoms with Crippen LogP contribution in [0.25, 0.3) is 10.9 Å². The van der Waals surface area contributed by atoms with Gasteiger partial charge in [0, 0.05) is 36.5 Å². The van der Waals surface area contributed by atoms with Gasteiger partial charge in [0.15, 0.2) is 0 Å². The van der Waals surface area contributed by atoms with Crippen LogP contribution in [0.2, 0.25) is 0 Å². The number of ketones is 1. The Bertz CT molecular complexity index is 538. The molecule has 1 aliphatic carbocycles. The van der Waals surface area contributed by atoms with Gasteiger partial charge in [-0.3, -0.25) is 4.79 Å². The van der Waals surface area contributed by atoms with Gasteiger partial charge in [0.25, 0.3) is 0 Å². The summed E-state index contributed by atoms with van der Waals surface area (Å²) in [5, 5.41) is 1.23. The van der Waals surface area contributed by atoms with E-state index in [2.05, 4.69) is 22.9 Å². The Kier molecular flexibility index (Phi) is 1.72. The molecule has 0 spiro atoms. The molecule has 15 heavy (non-hydrogen) atoms. The molecule has 0 N–H and O–H groups in total. The first-order valence-corrected chi connectivity index (χ1v) is 5.34. The maximum absolute atomic E-state index is 11.5. The van der Waals surface area contributed by atoms with Crippen molar-refractivity contribution in [3.8, 4) is 0 Å². The van der Waals surface area contributed by atoms with Crippen LogP contribution in [-0.4, -0.2) is 10.4 Å². The van der Waals surface area contributed by atoms with Gasteiger partial charge in [-0.05, 0) is 18.1 Å². The van der Waals surface area contributed by atoms with E-state index < -0.39 is 0 Å². The van der Waals surface area contributed by atoms with Crippen molar-refractivity contribution in [1.29, 1.82) is 0 Å². The minimum atomic E-state index is 0.163. The van der Waals surface area contributed by atoms with Gasteiger partial charge in [-0.1, -0.05) is 18.2 Å².